The molecule has 0 nitrogen and oxygen atoms in total. The molecular formula is C11H18. The van der Waals surface area contributed by atoms with Gasteiger partial charge in [0.2, 0.25) is 0 Å². The highest BCUT2D eigenvalue weighted by Crippen LogP contribution is 2.34. The van der Waals surface area contributed by atoms with Gasteiger partial charge < -0.3 is 0 Å². The maximum atomic E-state index is 4.06. The van der Waals surface area contributed by atoms with Crippen LogP contribution in [0.1, 0.15) is 33.1 Å². The predicted octanol–water partition coefficient (Wildman–Crippen LogP) is 3.55. The maximum absolute atomic E-state index is 4.06. The van der Waals surface area contributed by atoms with Crippen molar-refractivity contribution in [2.75, 3.05) is 0 Å². The predicted molar refractivity (Wildman–Crippen MR) is 50.5 cm³/mol. The monoisotopic (exact) mass is 150 g/mol. The Morgan fingerprint density at radius 3 is 2.55 bits per heavy atom. The van der Waals surface area contributed by atoms with Crippen LogP contribution >= 0.6 is 0 Å². The van der Waals surface area contributed by atoms with E-state index in [1.807, 2.05) is 0 Å². The largest absolute Gasteiger partial charge is 0.0998 e. The molecule has 0 heteroatoms. The van der Waals surface area contributed by atoms with Crippen LogP contribution in [0, 0.1) is 11.8 Å². The molecule has 0 bridgehead atoms. The van der Waals surface area contributed by atoms with Crippen LogP contribution in [0.4, 0.5) is 0 Å². The summed E-state index contributed by atoms with van der Waals surface area (Å²) in [5.41, 5.74) is 2.74. The third-order valence-corrected chi connectivity index (χ3v) is 2.56. The third-order valence-electron chi connectivity index (χ3n) is 2.56. The Morgan fingerprint density at radius 1 is 1.45 bits per heavy atom. The van der Waals surface area contributed by atoms with Crippen molar-refractivity contribution < 1.29 is 0 Å². The summed E-state index contributed by atoms with van der Waals surface area (Å²) in [6.07, 6.45) is 3.72. The zero-order chi connectivity index (χ0) is 8.43. The zero-order valence-corrected chi connectivity index (χ0v) is 7.69. The first-order valence-electron chi connectivity index (χ1n) is 4.41. The van der Waals surface area contributed by atoms with Crippen LogP contribution in [0.2, 0.25) is 0 Å². The molecule has 0 aromatic carbocycles. The molecule has 0 aromatic heterocycles. The van der Waals surface area contributed by atoms with E-state index in [4.69, 9.17) is 0 Å². The molecule has 0 spiro atoms. The molecule has 1 fully saturated rings. The van der Waals surface area contributed by atoms with Gasteiger partial charge in [0.1, 0.15) is 0 Å². The molecule has 0 radical (unpaired) electrons. The lowest BCUT2D eigenvalue weighted by Crippen LogP contribution is -2.15. The lowest BCUT2D eigenvalue weighted by atomic mass is 9.77. The Bertz CT molecular complexity index is 176. The van der Waals surface area contributed by atoms with Crippen molar-refractivity contribution in [3.63, 3.8) is 0 Å². The first-order valence-corrected chi connectivity index (χ1v) is 4.41. The Labute approximate surface area is 70.0 Å². The highest BCUT2D eigenvalue weighted by atomic mass is 14.3. The fourth-order valence-electron chi connectivity index (χ4n) is 1.95. The molecule has 2 unspecified atom stereocenters. The number of hydrogen-bond donors (Lipinski definition) is 0. The van der Waals surface area contributed by atoms with Crippen LogP contribution in [-0.4, -0.2) is 0 Å². The second kappa shape index (κ2) is 3.25. The van der Waals surface area contributed by atoms with E-state index in [-0.39, 0.29) is 0 Å². The number of rotatable bonds is 1. The van der Waals surface area contributed by atoms with Crippen molar-refractivity contribution in [3.8, 4) is 0 Å². The Balaban J connectivity index is 2.56. The Morgan fingerprint density at radius 2 is 2.09 bits per heavy atom. The van der Waals surface area contributed by atoms with E-state index in [1.165, 1.54) is 30.4 Å². The van der Waals surface area contributed by atoms with Crippen molar-refractivity contribution in [2.24, 2.45) is 11.8 Å². The van der Waals surface area contributed by atoms with Crippen molar-refractivity contribution in [2.45, 2.75) is 33.1 Å². The van der Waals surface area contributed by atoms with Gasteiger partial charge in [0.25, 0.3) is 0 Å². The molecule has 0 aromatic rings. The molecule has 0 saturated heterocycles. The first-order chi connectivity index (χ1) is 5.09. The zero-order valence-electron chi connectivity index (χ0n) is 7.69. The van der Waals surface area contributed by atoms with Crippen LogP contribution in [0.5, 0.6) is 0 Å². The second-order valence-electron chi connectivity index (χ2n) is 4.04. The standard InChI is InChI=1S/C11H18/c1-8(2)11-6-9(3)5-10(4)7-11/h10-11H,1,3,5-7H2,2,4H3. The molecular weight excluding hydrogens is 132 g/mol. The summed E-state index contributed by atoms with van der Waals surface area (Å²) in [5, 5.41) is 0. The van der Waals surface area contributed by atoms with E-state index in [9.17, 15) is 0 Å². The van der Waals surface area contributed by atoms with Crippen molar-refractivity contribution >= 4 is 0 Å². The first kappa shape index (κ1) is 8.58. The SMILES string of the molecule is C=C1CC(C)CC(C(=C)C)C1. The third kappa shape index (κ3) is 2.21. The maximum Gasteiger partial charge on any atom is -0.0169 e. The van der Waals surface area contributed by atoms with Gasteiger partial charge >= 0.3 is 0 Å². The van der Waals surface area contributed by atoms with E-state index in [0.29, 0.717) is 5.92 Å². The van der Waals surface area contributed by atoms with Gasteiger partial charge in [0.15, 0.2) is 0 Å². The lowest BCUT2D eigenvalue weighted by Gasteiger charge is -2.28. The molecule has 11 heavy (non-hydrogen) atoms. The van der Waals surface area contributed by atoms with Gasteiger partial charge in [-0.25, -0.2) is 0 Å². The minimum absolute atomic E-state index is 0.714. The summed E-state index contributed by atoms with van der Waals surface area (Å²) in [5.74, 6) is 1.53. The van der Waals surface area contributed by atoms with Crippen LogP contribution in [0.15, 0.2) is 24.3 Å². The van der Waals surface area contributed by atoms with Gasteiger partial charge in [-0.3, -0.25) is 0 Å². The highest BCUT2D eigenvalue weighted by Gasteiger charge is 2.21. The Kier molecular flexibility index (Phi) is 2.53. The van der Waals surface area contributed by atoms with Crippen molar-refractivity contribution in [1.82, 2.24) is 0 Å². The lowest BCUT2D eigenvalue weighted by molar-refractivity contribution is 0.375. The van der Waals surface area contributed by atoms with Gasteiger partial charge in [0, 0.05) is 0 Å². The van der Waals surface area contributed by atoms with E-state index < -0.39 is 0 Å². The summed E-state index contributed by atoms with van der Waals surface area (Å²) in [7, 11) is 0. The van der Waals surface area contributed by atoms with Gasteiger partial charge in [-0.15, -0.1) is 0 Å². The summed E-state index contributed by atoms with van der Waals surface area (Å²) in [6.45, 7) is 12.5. The minimum atomic E-state index is 0.714. The van der Waals surface area contributed by atoms with Crippen molar-refractivity contribution in [1.29, 1.82) is 0 Å². The van der Waals surface area contributed by atoms with Crippen LogP contribution < -0.4 is 0 Å². The molecule has 62 valence electrons. The quantitative estimate of drug-likeness (QED) is 0.501. The topological polar surface area (TPSA) is 0 Å². The molecule has 0 amide bonds. The fourth-order valence-corrected chi connectivity index (χ4v) is 1.95. The van der Waals surface area contributed by atoms with Gasteiger partial charge in [-0.2, -0.15) is 0 Å². The normalized spacial score (nSPS) is 32.0. The second-order valence-corrected chi connectivity index (χ2v) is 4.04. The fraction of sp³-hybridized carbons (Fsp3) is 0.636. The minimum Gasteiger partial charge on any atom is -0.0998 e. The van der Waals surface area contributed by atoms with Crippen LogP contribution in [0.25, 0.3) is 0 Å². The Hall–Kier alpha value is -0.520. The van der Waals surface area contributed by atoms with Crippen molar-refractivity contribution in [3.05, 3.63) is 24.3 Å². The van der Waals surface area contributed by atoms with E-state index in [0.717, 1.165) is 5.92 Å². The van der Waals surface area contributed by atoms with Gasteiger partial charge in [-0.05, 0) is 38.0 Å². The molecule has 1 aliphatic rings. The average Bonchev–Trinajstić information content (AvgIpc) is 1.85. The molecule has 1 aliphatic carbocycles. The van der Waals surface area contributed by atoms with Gasteiger partial charge in [0.05, 0.1) is 0 Å². The summed E-state index contributed by atoms with van der Waals surface area (Å²) in [6, 6.07) is 0. The van der Waals surface area contributed by atoms with E-state index in [2.05, 4.69) is 27.0 Å². The van der Waals surface area contributed by atoms with E-state index in [1.54, 1.807) is 0 Å². The smallest absolute Gasteiger partial charge is 0.0169 e. The molecule has 0 aliphatic heterocycles. The van der Waals surface area contributed by atoms with Gasteiger partial charge in [-0.1, -0.05) is 31.2 Å². The highest BCUT2D eigenvalue weighted by molar-refractivity contribution is 5.09. The number of allylic oxidation sites excluding steroid dienone is 2. The number of hydrogen-bond acceptors (Lipinski definition) is 0. The summed E-state index contributed by atoms with van der Waals surface area (Å²) in [4.78, 5) is 0. The molecule has 0 heterocycles. The van der Waals surface area contributed by atoms with Crippen LogP contribution in [-0.2, 0) is 0 Å². The van der Waals surface area contributed by atoms with E-state index >= 15 is 0 Å². The average molecular weight is 150 g/mol. The molecule has 1 rings (SSSR count). The molecule has 2 atom stereocenters. The molecule has 0 N–H and O–H groups in total. The summed E-state index contributed by atoms with van der Waals surface area (Å²) >= 11 is 0. The summed E-state index contributed by atoms with van der Waals surface area (Å²) < 4.78 is 0. The molecule has 1 saturated carbocycles. The van der Waals surface area contributed by atoms with Crippen LogP contribution in [0.3, 0.4) is 0 Å².